The van der Waals surface area contributed by atoms with Crippen LogP contribution in [0.15, 0.2) is 24.5 Å². The molecule has 1 atom stereocenters. The molecule has 3 heterocycles. The molecule has 2 aromatic rings. The fraction of sp³-hybridized carbons (Fsp3) is 0.500. The third kappa shape index (κ3) is 2.48. The highest BCUT2D eigenvalue weighted by atomic mass is 16.1. The quantitative estimate of drug-likeness (QED) is 0.802. The van der Waals surface area contributed by atoms with Crippen LogP contribution in [-0.2, 0) is 6.54 Å². The van der Waals surface area contributed by atoms with Gasteiger partial charge in [-0.25, -0.2) is 4.98 Å². The summed E-state index contributed by atoms with van der Waals surface area (Å²) in [5.41, 5.74) is 1.66. The first-order valence-electron chi connectivity index (χ1n) is 7.39. The third-order valence-corrected chi connectivity index (χ3v) is 4.42. The van der Waals surface area contributed by atoms with E-state index in [2.05, 4.69) is 21.5 Å². The summed E-state index contributed by atoms with van der Waals surface area (Å²) in [4.78, 5) is 18.0. The molecule has 0 spiro atoms. The lowest BCUT2D eigenvalue weighted by atomic mass is 10.0. The number of hydrogen-bond donors (Lipinski definition) is 0. The average Bonchev–Trinajstić information content (AvgIpc) is 2.85. The maximum atomic E-state index is 11.1. The van der Waals surface area contributed by atoms with E-state index in [-0.39, 0.29) is 0 Å². The van der Waals surface area contributed by atoms with Crippen molar-refractivity contribution in [3.63, 3.8) is 0 Å². The zero-order valence-electron chi connectivity index (χ0n) is 12.0. The molecule has 2 aromatic heterocycles. The molecule has 1 aliphatic rings. The van der Waals surface area contributed by atoms with Gasteiger partial charge in [-0.05, 0) is 45.0 Å². The van der Waals surface area contributed by atoms with Crippen molar-refractivity contribution in [2.45, 2.75) is 38.3 Å². The summed E-state index contributed by atoms with van der Waals surface area (Å²) in [6, 6.07) is 4.51. The average molecular weight is 271 g/mol. The van der Waals surface area contributed by atoms with Gasteiger partial charge in [0.1, 0.15) is 5.65 Å². The summed E-state index contributed by atoms with van der Waals surface area (Å²) in [5, 5.41) is 0.958. The number of carbonyl (C=O) groups is 1. The van der Waals surface area contributed by atoms with E-state index >= 15 is 0 Å². The van der Waals surface area contributed by atoms with E-state index in [9.17, 15) is 4.79 Å². The minimum atomic E-state index is 0.657. The minimum Gasteiger partial charge on any atom is -0.332 e. The molecule has 0 aromatic carbocycles. The Morgan fingerprint density at radius 1 is 1.45 bits per heavy atom. The van der Waals surface area contributed by atoms with Crippen molar-refractivity contribution in [2.75, 3.05) is 13.6 Å². The lowest BCUT2D eigenvalue weighted by molar-refractivity contribution is 0.112. The second-order valence-corrected chi connectivity index (χ2v) is 5.69. The Labute approximate surface area is 119 Å². The number of piperidine rings is 1. The molecule has 106 valence electrons. The number of pyridine rings is 1. The fourth-order valence-corrected chi connectivity index (χ4v) is 3.21. The zero-order chi connectivity index (χ0) is 13.9. The number of aromatic nitrogens is 2. The summed E-state index contributed by atoms with van der Waals surface area (Å²) in [5.74, 6) is 0. The van der Waals surface area contributed by atoms with Gasteiger partial charge in [-0.2, -0.15) is 0 Å². The van der Waals surface area contributed by atoms with Gasteiger partial charge in [0.25, 0.3) is 0 Å². The molecule has 1 fully saturated rings. The van der Waals surface area contributed by atoms with Crippen molar-refractivity contribution in [1.29, 1.82) is 0 Å². The number of hydrogen-bond acceptors (Lipinski definition) is 3. The van der Waals surface area contributed by atoms with Crippen LogP contribution in [0.2, 0.25) is 0 Å². The molecular weight excluding hydrogens is 250 g/mol. The van der Waals surface area contributed by atoms with Crippen LogP contribution in [-0.4, -0.2) is 40.4 Å². The highest BCUT2D eigenvalue weighted by molar-refractivity contribution is 5.95. The van der Waals surface area contributed by atoms with E-state index < -0.39 is 0 Å². The van der Waals surface area contributed by atoms with E-state index in [0.717, 1.165) is 35.8 Å². The number of aldehydes is 1. The Balaban J connectivity index is 1.79. The molecule has 0 radical (unpaired) electrons. The predicted molar refractivity (Wildman–Crippen MR) is 80.0 cm³/mol. The lowest BCUT2D eigenvalue weighted by Crippen LogP contribution is -2.36. The van der Waals surface area contributed by atoms with E-state index in [1.165, 1.54) is 25.8 Å². The number of aryl methyl sites for hydroxylation is 1. The summed E-state index contributed by atoms with van der Waals surface area (Å²) in [6.07, 6.45) is 9.70. The lowest BCUT2D eigenvalue weighted by Gasteiger charge is -2.32. The largest absolute Gasteiger partial charge is 0.332 e. The van der Waals surface area contributed by atoms with Crippen LogP contribution in [0, 0.1) is 0 Å². The van der Waals surface area contributed by atoms with Crippen LogP contribution in [0.3, 0.4) is 0 Å². The van der Waals surface area contributed by atoms with E-state index in [0.29, 0.717) is 6.04 Å². The molecule has 0 bridgehead atoms. The predicted octanol–water partition coefficient (Wildman–Crippen LogP) is 2.72. The van der Waals surface area contributed by atoms with E-state index in [4.69, 9.17) is 0 Å². The fourth-order valence-electron chi connectivity index (χ4n) is 3.21. The van der Waals surface area contributed by atoms with Crippen molar-refractivity contribution in [3.05, 3.63) is 30.1 Å². The SMILES string of the molecule is CN1CCCCC1CCn1cc(C=O)c2cccnc21. The zero-order valence-corrected chi connectivity index (χ0v) is 12.0. The molecule has 0 aliphatic carbocycles. The standard InChI is InChI=1S/C16H21N3O/c1-18-9-3-2-5-14(18)7-10-19-11-13(12-20)15-6-4-8-17-16(15)19/h4,6,8,11-12,14H,2-3,5,7,9-10H2,1H3. The maximum absolute atomic E-state index is 11.1. The maximum Gasteiger partial charge on any atom is 0.152 e. The molecule has 1 aliphatic heterocycles. The molecular formula is C16H21N3O. The minimum absolute atomic E-state index is 0.657. The molecule has 3 rings (SSSR count). The summed E-state index contributed by atoms with van der Waals surface area (Å²) in [7, 11) is 2.21. The highest BCUT2D eigenvalue weighted by Gasteiger charge is 2.19. The smallest absolute Gasteiger partial charge is 0.152 e. The van der Waals surface area contributed by atoms with E-state index in [1.54, 1.807) is 6.20 Å². The Hall–Kier alpha value is -1.68. The van der Waals surface area contributed by atoms with Crippen molar-refractivity contribution in [2.24, 2.45) is 0 Å². The van der Waals surface area contributed by atoms with Gasteiger partial charge in [-0.3, -0.25) is 4.79 Å². The van der Waals surface area contributed by atoms with Gasteiger partial charge in [0, 0.05) is 35.9 Å². The van der Waals surface area contributed by atoms with Crippen LogP contribution in [0.4, 0.5) is 0 Å². The molecule has 1 saturated heterocycles. The second-order valence-electron chi connectivity index (χ2n) is 5.69. The normalized spacial score (nSPS) is 20.4. The number of rotatable bonds is 4. The van der Waals surface area contributed by atoms with Crippen LogP contribution in [0.5, 0.6) is 0 Å². The molecule has 0 amide bonds. The number of carbonyl (C=O) groups excluding carboxylic acids is 1. The molecule has 0 saturated carbocycles. The summed E-state index contributed by atoms with van der Waals surface area (Å²) >= 11 is 0. The van der Waals surface area contributed by atoms with Crippen molar-refractivity contribution in [3.8, 4) is 0 Å². The Morgan fingerprint density at radius 2 is 2.35 bits per heavy atom. The summed E-state index contributed by atoms with van der Waals surface area (Å²) < 4.78 is 2.13. The first-order chi connectivity index (χ1) is 9.79. The van der Waals surface area contributed by atoms with Gasteiger partial charge in [0.2, 0.25) is 0 Å². The van der Waals surface area contributed by atoms with Crippen molar-refractivity contribution in [1.82, 2.24) is 14.5 Å². The molecule has 4 nitrogen and oxygen atoms in total. The summed E-state index contributed by atoms with van der Waals surface area (Å²) in [6.45, 7) is 2.13. The first kappa shape index (κ1) is 13.3. The Kier molecular flexibility index (Phi) is 3.83. The topological polar surface area (TPSA) is 38.1 Å². The third-order valence-electron chi connectivity index (χ3n) is 4.42. The van der Waals surface area contributed by atoms with Gasteiger partial charge in [0.15, 0.2) is 6.29 Å². The van der Waals surface area contributed by atoms with Crippen LogP contribution < -0.4 is 0 Å². The van der Waals surface area contributed by atoms with Gasteiger partial charge in [-0.15, -0.1) is 0 Å². The second kappa shape index (κ2) is 5.75. The Morgan fingerprint density at radius 3 is 3.15 bits per heavy atom. The van der Waals surface area contributed by atoms with Gasteiger partial charge >= 0.3 is 0 Å². The van der Waals surface area contributed by atoms with Crippen LogP contribution in [0.25, 0.3) is 11.0 Å². The molecule has 0 N–H and O–H groups in total. The van der Waals surface area contributed by atoms with Crippen molar-refractivity contribution < 1.29 is 4.79 Å². The Bertz CT molecular complexity index is 605. The van der Waals surface area contributed by atoms with E-state index in [1.807, 2.05) is 18.3 Å². The monoisotopic (exact) mass is 271 g/mol. The van der Waals surface area contributed by atoms with Gasteiger partial charge in [0.05, 0.1) is 0 Å². The van der Waals surface area contributed by atoms with Crippen LogP contribution in [0.1, 0.15) is 36.0 Å². The number of nitrogens with zero attached hydrogens (tertiary/aromatic N) is 3. The van der Waals surface area contributed by atoms with Crippen molar-refractivity contribution >= 4 is 17.3 Å². The highest BCUT2D eigenvalue weighted by Crippen LogP contribution is 2.21. The van der Waals surface area contributed by atoms with Gasteiger partial charge in [-0.1, -0.05) is 6.42 Å². The molecule has 20 heavy (non-hydrogen) atoms. The van der Waals surface area contributed by atoms with Crippen LogP contribution >= 0.6 is 0 Å². The number of fused-ring (bicyclic) bond motifs is 1. The molecule has 1 unspecified atom stereocenters. The van der Waals surface area contributed by atoms with Gasteiger partial charge < -0.3 is 9.47 Å². The number of likely N-dealkylation sites (tertiary alicyclic amines) is 1. The molecule has 4 heteroatoms. The first-order valence-corrected chi connectivity index (χ1v) is 7.39.